The standard InChI is InChI=1S/C21H28ClN3O3S2/c1-16-9-10-17(2)20(13-16)25(30(27,28)24(3)4)14-21(26)23-11-12-29-15-18-7-5-6-8-19(18)22/h5-10,13H,11-12,14-15H2,1-4H3,(H,23,26). The van der Waals surface area contributed by atoms with Crippen LogP contribution in [0.15, 0.2) is 42.5 Å². The summed E-state index contributed by atoms with van der Waals surface area (Å²) in [4.78, 5) is 12.5. The van der Waals surface area contributed by atoms with Crippen molar-refractivity contribution < 1.29 is 13.2 Å². The van der Waals surface area contributed by atoms with Crippen LogP contribution in [0, 0.1) is 13.8 Å². The van der Waals surface area contributed by atoms with Crippen LogP contribution in [0.25, 0.3) is 0 Å². The van der Waals surface area contributed by atoms with Crippen molar-refractivity contribution in [3.63, 3.8) is 0 Å². The summed E-state index contributed by atoms with van der Waals surface area (Å²) in [6.45, 7) is 3.88. The van der Waals surface area contributed by atoms with Gasteiger partial charge in [0.25, 0.3) is 0 Å². The molecule has 0 aliphatic rings. The van der Waals surface area contributed by atoms with Gasteiger partial charge in [-0.05, 0) is 42.7 Å². The number of amides is 1. The van der Waals surface area contributed by atoms with Gasteiger partial charge in [0.15, 0.2) is 0 Å². The Kier molecular flexibility index (Phi) is 9.03. The number of benzene rings is 2. The Balaban J connectivity index is 1.98. The molecular weight excluding hydrogens is 442 g/mol. The Labute approximate surface area is 188 Å². The molecule has 1 amide bonds. The maximum Gasteiger partial charge on any atom is 0.304 e. The molecule has 0 saturated heterocycles. The zero-order valence-corrected chi connectivity index (χ0v) is 20.1. The van der Waals surface area contributed by atoms with Crippen LogP contribution in [0.1, 0.15) is 16.7 Å². The van der Waals surface area contributed by atoms with E-state index in [1.165, 1.54) is 14.1 Å². The van der Waals surface area contributed by atoms with Crippen molar-refractivity contribution in [1.82, 2.24) is 9.62 Å². The van der Waals surface area contributed by atoms with Gasteiger partial charge in [0.1, 0.15) is 6.54 Å². The molecule has 9 heteroatoms. The van der Waals surface area contributed by atoms with Crippen LogP contribution in [0.2, 0.25) is 5.02 Å². The van der Waals surface area contributed by atoms with E-state index in [1.807, 2.05) is 50.2 Å². The quantitative estimate of drug-likeness (QED) is 0.539. The number of carbonyl (C=O) groups is 1. The Morgan fingerprint density at radius 3 is 2.50 bits per heavy atom. The first kappa shape index (κ1) is 24.5. The molecule has 0 fully saturated rings. The number of hydrogen-bond donors (Lipinski definition) is 1. The fourth-order valence-electron chi connectivity index (χ4n) is 2.72. The van der Waals surface area contributed by atoms with Gasteiger partial charge in [-0.1, -0.05) is 41.9 Å². The van der Waals surface area contributed by atoms with Crippen molar-refractivity contribution in [1.29, 1.82) is 0 Å². The van der Waals surface area contributed by atoms with Gasteiger partial charge < -0.3 is 5.32 Å². The van der Waals surface area contributed by atoms with Crippen LogP contribution >= 0.6 is 23.4 Å². The zero-order valence-electron chi connectivity index (χ0n) is 17.7. The van der Waals surface area contributed by atoms with Crippen molar-refractivity contribution in [3.8, 4) is 0 Å². The van der Waals surface area contributed by atoms with Crippen LogP contribution in [0.4, 0.5) is 5.69 Å². The summed E-state index contributed by atoms with van der Waals surface area (Å²) >= 11 is 7.80. The first-order valence-electron chi connectivity index (χ1n) is 9.48. The molecule has 0 bridgehead atoms. The number of aryl methyl sites for hydroxylation is 2. The largest absolute Gasteiger partial charge is 0.354 e. The van der Waals surface area contributed by atoms with Gasteiger partial charge in [-0.15, -0.1) is 0 Å². The molecule has 164 valence electrons. The summed E-state index contributed by atoms with van der Waals surface area (Å²) in [7, 11) is -0.906. The number of nitrogens with one attached hydrogen (secondary N) is 1. The second-order valence-electron chi connectivity index (χ2n) is 7.08. The summed E-state index contributed by atoms with van der Waals surface area (Å²) in [5.41, 5.74) is 3.26. The molecule has 2 rings (SSSR count). The summed E-state index contributed by atoms with van der Waals surface area (Å²) < 4.78 is 28.0. The van der Waals surface area contributed by atoms with Crippen molar-refractivity contribution in [2.24, 2.45) is 0 Å². The molecule has 30 heavy (non-hydrogen) atoms. The van der Waals surface area contributed by atoms with E-state index in [0.29, 0.717) is 18.0 Å². The van der Waals surface area contributed by atoms with E-state index in [-0.39, 0.29) is 12.5 Å². The van der Waals surface area contributed by atoms with E-state index in [2.05, 4.69) is 5.32 Å². The van der Waals surface area contributed by atoms with Crippen LogP contribution in [0.5, 0.6) is 0 Å². The number of halogens is 1. The SMILES string of the molecule is Cc1ccc(C)c(N(CC(=O)NCCSCc2ccccc2Cl)S(=O)(=O)N(C)C)c1. The minimum Gasteiger partial charge on any atom is -0.354 e. The third-order valence-electron chi connectivity index (χ3n) is 4.44. The molecule has 0 saturated carbocycles. The van der Waals surface area contributed by atoms with Gasteiger partial charge in [0.2, 0.25) is 5.91 Å². The average Bonchev–Trinajstić information content (AvgIpc) is 2.69. The van der Waals surface area contributed by atoms with Gasteiger partial charge in [-0.3, -0.25) is 4.79 Å². The number of hydrogen-bond acceptors (Lipinski definition) is 4. The van der Waals surface area contributed by atoms with Crippen LogP contribution in [-0.4, -0.2) is 51.6 Å². The number of nitrogens with zero attached hydrogens (tertiary/aromatic N) is 2. The van der Waals surface area contributed by atoms with Gasteiger partial charge >= 0.3 is 10.2 Å². The number of anilines is 1. The minimum absolute atomic E-state index is 0.278. The fourth-order valence-corrected chi connectivity index (χ4v) is 4.99. The van der Waals surface area contributed by atoms with Gasteiger partial charge in [-0.2, -0.15) is 24.5 Å². The number of rotatable bonds is 10. The minimum atomic E-state index is -3.82. The predicted octanol–water partition coefficient (Wildman–Crippen LogP) is 3.62. The molecule has 0 aliphatic heterocycles. The van der Waals surface area contributed by atoms with E-state index in [0.717, 1.165) is 36.1 Å². The molecule has 2 aromatic carbocycles. The number of thioether (sulfide) groups is 1. The molecule has 0 heterocycles. The Morgan fingerprint density at radius 1 is 1.13 bits per heavy atom. The van der Waals surface area contributed by atoms with E-state index < -0.39 is 10.2 Å². The Morgan fingerprint density at radius 2 is 1.83 bits per heavy atom. The predicted molar refractivity (Wildman–Crippen MR) is 126 cm³/mol. The third-order valence-corrected chi connectivity index (χ3v) is 7.63. The highest BCUT2D eigenvalue weighted by Crippen LogP contribution is 2.25. The molecule has 2 aromatic rings. The molecular formula is C21H28ClN3O3S2. The second kappa shape index (κ2) is 11.0. The van der Waals surface area contributed by atoms with Crippen molar-refractivity contribution in [2.75, 3.05) is 37.2 Å². The third kappa shape index (κ3) is 6.63. The Bertz CT molecular complexity index is 981. The Hall–Kier alpha value is -1.74. The summed E-state index contributed by atoms with van der Waals surface area (Å²) in [5, 5.41) is 3.54. The zero-order chi connectivity index (χ0) is 22.3. The van der Waals surface area contributed by atoms with Crippen LogP contribution < -0.4 is 9.62 Å². The first-order valence-corrected chi connectivity index (χ1v) is 12.4. The maximum atomic E-state index is 12.9. The highest BCUT2D eigenvalue weighted by molar-refractivity contribution is 7.98. The molecule has 0 aromatic heterocycles. The molecule has 0 radical (unpaired) electrons. The lowest BCUT2D eigenvalue weighted by Gasteiger charge is -2.28. The van der Waals surface area contributed by atoms with Crippen molar-refractivity contribution in [3.05, 3.63) is 64.2 Å². The van der Waals surface area contributed by atoms with Gasteiger partial charge in [0.05, 0.1) is 5.69 Å². The van der Waals surface area contributed by atoms with Crippen molar-refractivity contribution >= 4 is 45.2 Å². The number of carbonyl (C=O) groups excluding carboxylic acids is 1. The second-order valence-corrected chi connectivity index (χ2v) is 10.7. The normalized spacial score (nSPS) is 11.5. The van der Waals surface area contributed by atoms with Gasteiger partial charge in [-0.25, -0.2) is 4.31 Å². The van der Waals surface area contributed by atoms with E-state index in [9.17, 15) is 13.2 Å². The lowest BCUT2D eigenvalue weighted by molar-refractivity contribution is -0.119. The highest BCUT2D eigenvalue weighted by Gasteiger charge is 2.28. The van der Waals surface area contributed by atoms with Gasteiger partial charge in [0, 0.05) is 37.2 Å². The molecule has 0 atom stereocenters. The van der Waals surface area contributed by atoms with Crippen LogP contribution in [-0.2, 0) is 20.8 Å². The lowest BCUT2D eigenvalue weighted by atomic mass is 10.1. The van der Waals surface area contributed by atoms with E-state index in [4.69, 9.17) is 11.6 Å². The molecule has 0 aliphatic carbocycles. The smallest absolute Gasteiger partial charge is 0.304 e. The summed E-state index contributed by atoms with van der Waals surface area (Å²) in [6, 6.07) is 13.2. The molecule has 0 unspecified atom stereocenters. The lowest BCUT2D eigenvalue weighted by Crippen LogP contribution is -2.46. The molecule has 1 N–H and O–H groups in total. The van der Waals surface area contributed by atoms with Crippen molar-refractivity contribution in [2.45, 2.75) is 19.6 Å². The topological polar surface area (TPSA) is 69.7 Å². The summed E-state index contributed by atoms with van der Waals surface area (Å²) in [6.07, 6.45) is 0. The average molecular weight is 470 g/mol. The summed E-state index contributed by atoms with van der Waals surface area (Å²) in [5.74, 6) is 1.10. The first-order chi connectivity index (χ1) is 14.1. The fraction of sp³-hybridized carbons (Fsp3) is 0.381. The highest BCUT2D eigenvalue weighted by atomic mass is 35.5. The maximum absolute atomic E-state index is 12.9. The van der Waals surface area contributed by atoms with E-state index >= 15 is 0 Å². The van der Waals surface area contributed by atoms with Crippen LogP contribution in [0.3, 0.4) is 0 Å². The molecule has 6 nitrogen and oxygen atoms in total. The molecule has 0 spiro atoms. The van der Waals surface area contributed by atoms with E-state index in [1.54, 1.807) is 17.8 Å². The monoisotopic (exact) mass is 469 g/mol.